The molecule has 0 radical (unpaired) electrons. The standard InChI is InChI=1S/C31H44N4O4/c1-6-16-35-25(21-33-17-19-34(20-18-33)28(36)23-10-8-9-11-23)26(29(37)39-7-2)27(32-30(35)38)22-12-14-24(15-13-22)31(3,4)5/h6,12-15,23,27H,1,7-11,16-21H2,2-5H3,(H,32,38)/t27-/m0/s1. The van der Waals surface area contributed by atoms with Crippen molar-refractivity contribution < 1.29 is 19.1 Å². The Hall–Kier alpha value is -3.13. The summed E-state index contributed by atoms with van der Waals surface area (Å²) in [6, 6.07) is 7.20. The van der Waals surface area contributed by atoms with Crippen molar-refractivity contribution in [1.29, 1.82) is 0 Å². The van der Waals surface area contributed by atoms with Crippen molar-refractivity contribution in [1.82, 2.24) is 20.0 Å². The largest absolute Gasteiger partial charge is 0.463 e. The first-order chi connectivity index (χ1) is 18.6. The molecule has 1 atom stereocenters. The molecule has 39 heavy (non-hydrogen) atoms. The van der Waals surface area contributed by atoms with Crippen molar-refractivity contribution in [2.24, 2.45) is 5.92 Å². The van der Waals surface area contributed by atoms with Crippen LogP contribution in [0.4, 0.5) is 4.79 Å². The van der Waals surface area contributed by atoms with Crippen LogP contribution in [0.2, 0.25) is 0 Å². The second kappa shape index (κ2) is 12.4. The van der Waals surface area contributed by atoms with Gasteiger partial charge in [-0.15, -0.1) is 6.58 Å². The van der Waals surface area contributed by atoms with E-state index in [0.29, 0.717) is 44.0 Å². The van der Waals surface area contributed by atoms with Gasteiger partial charge in [-0.25, -0.2) is 9.59 Å². The summed E-state index contributed by atoms with van der Waals surface area (Å²) in [5.74, 6) is 0.0226. The number of carbonyl (C=O) groups is 3. The fourth-order valence-electron chi connectivity index (χ4n) is 5.84. The number of nitrogens with zero attached hydrogens (tertiary/aromatic N) is 3. The van der Waals surface area contributed by atoms with Crippen LogP contribution < -0.4 is 5.32 Å². The highest BCUT2D eigenvalue weighted by Gasteiger charge is 2.39. The Kier molecular flexibility index (Phi) is 9.15. The number of esters is 1. The van der Waals surface area contributed by atoms with E-state index in [-0.39, 0.29) is 36.4 Å². The average molecular weight is 537 g/mol. The van der Waals surface area contributed by atoms with Crippen LogP contribution in [-0.2, 0) is 19.7 Å². The lowest BCUT2D eigenvalue weighted by molar-refractivity contribution is -0.139. The topological polar surface area (TPSA) is 82.2 Å². The summed E-state index contributed by atoms with van der Waals surface area (Å²) < 4.78 is 5.53. The molecule has 4 rings (SSSR count). The molecular weight excluding hydrogens is 492 g/mol. The first-order valence-electron chi connectivity index (χ1n) is 14.3. The highest BCUT2D eigenvalue weighted by atomic mass is 16.5. The Labute approximate surface area is 233 Å². The minimum absolute atomic E-state index is 0.0125. The van der Waals surface area contributed by atoms with Crippen LogP contribution in [0.25, 0.3) is 0 Å². The summed E-state index contributed by atoms with van der Waals surface area (Å²) >= 11 is 0. The zero-order valence-corrected chi connectivity index (χ0v) is 24.0. The van der Waals surface area contributed by atoms with E-state index in [4.69, 9.17) is 4.74 Å². The van der Waals surface area contributed by atoms with Crippen LogP contribution in [0.1, 0.15) is 70.5 Å². The number of hydrogen-bond donors (Lipinski definition) is 1. The van der Waals surface area contributed by atoms with Crippen molar-refractivity contribution in [2.45, 2.75) is 64.8 Å². The van der Waals surface area contributed by atoms with Crippen LogP contribution in [0.15, 0.2) is 48.2 Å². The Morgan fingerprint density at radius 3 is 2.28 bits per heavy atom. The molecule has 3 aliphatic rings. The van der Waals surface area contributed by atoms with E-state index in [1.165, 1.54) is 5.56 Å². The third-order valence-electron chi connectivity index (χ3n) is 8.12. The Morgan fingerprint density at radius 1 is 1.08 bits per heavy atom. The molecule has 1 saturated heterocycles. The molecule has 2 fully saturated rings. The number of urea groups is 1. The van der Waals surface area contributed by atoms with Gasteiger partial charge in [-0.3, -0.25) is 14.6 Å². The first kappa shape index (κ1) is 28.9. The minimum Gasteiger partial charge on any atom is -0.463 e. The predicted molar refractivity (Wildman–Crippen MR) is 152 cm³/mol. The molecular formula is C31H44N4O4. The summed E-state index contributed by atoms with van der Waals surface area (Å²) in [5, 5.41) is 3.04. The predicted octanol–water partition coefficient (Wildman–Crippen LogP) is 4.39. The molecule has 8 heteroatoms. The van der Waals surface area contributed by atoms with E-state index in [1.807, 2.05) is 17.0 Å². The number of benzene rings is 1. The third-order valence-corrected chi connectivity index (χ3v) is 8.12. The summed E-state index contributed by atoms with van der Waals surface area (Å²) in [7, 11) is 0. The number of hydrogen-bond acceptors (Lipinski definition) is 5. The number of carbonyl (C=O) groups excluding carboxylic acids is 3. The summed E-state index contributed by atoms with van der Waals surface area (Å²) in [6.45, 7) is 15.7. The van der Waals surface area contributed by atoms with Gasteiger partial charge < -0.3 is 15.0 Å². The lowest BCUT2D eigenvalue weighted by atomic mass is 9.85. The van der Waals surface area contributed by atoms with Gasteiger partial charge in [0.1, 0.15) is 0 Å². The van der Waals surface area contributed by atoms with E-state index in [2.05, 4.69) is 49.7 Å². The van der Waals surface area contributed by atoms with Crippen molar-refractivity contribution in [3.8, 4) is 0 Å². The molecule has 1 aliphatic carbocycles. The van der Waals surface area contributed by atoms with Gasteiger partial charge in [0, 0.05) is 50.9 Å². The van der Waals surface area contributed by atoms with Crippen LogP contribution in [0.3, 0.4) is 0 Å². The van der Waals surface area contributed by atoms with Crippen molar-refractivity contribution >= 4 is 17.9 Å². The maximum atomic E-state index is 13.4. The molecule has 212 valence electrons. The highest BCUT2D eigenvalue weighted by molar-refractivity contribution is 5.95. The fraction of sp³-hybridized carbons (Fsp3) is 0.581. The van der Waals surface area contributed by atoms with Gasteiger partial charge in [0.2, 0.25) is 5.91 Å². The maximum Gasteiger partial charge on any atom is 0.338 e. The van der Waals surface area contributed by atoms with Gasteiger partial charge in [-0.2, -0.15) is 0 Å². The molecule has 2 heterocycles. The molecule has 0 unspecified atom stereocenters. The molecule has 0 bridgehead atoms. The smallest absolute Gasteiger partial charge is 0.338 e. The van der Waals surface area contributed by atoms with Crippen LogP contribution in [0.5, 0.6) is 0 Å². The minimum atomic E-state index is -0.619. The average Bonchev–Trinajstić information content (AvgIpc) is 3.45. The van der Waals surface area contributed by atoms with Crippen LogP contribution in [0, 0.1) is 5.92 Å². The number of ether oxygens (including phenoxy) is 1. The molecule has 3 amide bonds. The molecule has 8 nitrogen and oxygen atoms in total. The number of rotatable bonds is 8. The van der Waals surface area contributed by atoms with E-state index in [1.54, 1.807) is 17.9 Å². The Bertz CT molecular complexity index is 1090. The monoisotopic (exact) mass is 536 g/mol. The van der Waals surface area contributed by atoms with E-state index in [9.17, 15) is 14.4 Å². The van der Waals surface area contributed by atoms with Gasteiger partial charge in [-0.05, 0) is 36.3 Å². The van der Waals surface area contributed by atoms with E-state index < -0.39 is 12.0 Å². The second-order valence-electron chi connectivity index (χ2n) is 11.8. The number of amides is 3. The first-order valence-corrected chi connectivity index (χ1v) is 14.3. The zero-order valence-electron chi connectivity index (χ0n) is 24.0. The molecule has 0 aromatic heterocycles. The molecule has 2 aliphatic heterocycles. The number of nitrogens with one attached hydrogen (secondary N) is 1. The van der Waals surface area contributed by atoms with Gasteiger partial charge in [-0.1, -0.05) is 64.0 Å². The second-order valence-corrected chi connectivity index (χ2v) is 11.8. The quantitative estimate of drug-likeness (QED) is 0.394. The molecule has 1 saturated carbocycles. The molecule has 1 N–H and O–H groups in total. The Balaban J connectivity index is 1.63. The van der Waals surface area contributed by atoms with Crippen LogP contribution in [-0.4, -0.2) is 78.5 Å². The van der Waals surface area contributed by atoms with Crippen LogP contribution >= 0.6 is 0 Å². The van der Waals surface area contributed by atoms with E-state index >= 15 is 0 Å². The molecule has 1 aromatic carbocycles. The molecule has 0 spiro atoms. The van der Waals surface area contributed by atoms with Gasteiger partial charge in [0.25, 0.3) is 0 Å². The van der Waals surface area contributed by atoms with Crippen molar-refractivity contribution in [3.05, 3.63) is 59.3 Å². The Morgan fingerprint density at radius 2 is 1.72 bits per heavy atom. The lowest BCUT2D eigenvalue weighted by Crippen LogP contribution is -2.54. The van der Waals surface area contributed by atoms with Crippen molar-refractivity contribution in [2.75, 3.05) is 45.9 Å². The lowest BCUT2D eigenvalue weighted by Gasteiger charge is -2.41. The maximum absolute atomic E-state index is 13.4. The van der Waals surface area contributed by atoms with E-state index in [0.717, 1.165) is 31.2 Å². The normalized spacial score (nSPS) is 21.2. The van der Waals surface area contributed by atoms with Gasteiger partial charge in [0.15, 0.2) is 0 Å². The third kappa shape index (κ3) is 6.55. The highest BCUT2D eigenvalue weighted by Crippen LogP contribution is 2.34. The zero-order chi connectivity index (χ0) is 28.2. The fourth-order valence-corrected chi connectivity index (χ4v) is 5.84. The summed E-state index contributed by atoms with van der Waals surface area (Å²) in [4.78, 5) is 45.6. The number of piperazine rings is 1. The van der Waals surface area contributed by atoms with Gasteiger partial charge in [0.05, 0.1) is 18.2 Å². The summed E-state index contributed by atoms with van der Waals surface area (Å²) in [5.41, 5.74) is 3.08. The molecule has 1 aromatic rings. The van der Waals surface area contributed by atoms with Gasteiger partial charge >= 0.3 is 12.0 Å². The summed E-state index contributed by atoms with van der Waals surface area (Å²) in [6.07, 6.45) is 5.95. The van der Waals surface area contributed by atoms with Crippen molar-refractivity contribution in [3.63, 3.8) is 0 Å². The SMILES string of the molecule is C=CCN1C(=O)N[C@@H](c2ccc(C(C)(C)C)cc2)C(C(=O)OCC)=C1CN1CCN(C(=O)C2CCCC2)CC1.